The highest BCUT2D eigenvalue weighted by Crippen LogP contribution is 2.26. The molecule has 0 saturated heterocycles. The number of aromatic amines is 1. The van der Waals surface area contributed by atoms with E-state index in [-0.39, 0.29) is 0 Å². The molecule has 26 heavy (non-hydrogen) atoms. The lowest BCUT2D eigenvalue weighted by molar-refractivity contribution is 0.569. The lowest BCUT2D eigenvalue weighted by Gasteiger charge is -2.03. The molecule has 1 N–H and O–H groups in total. The second-order valence-corrected chi connectivity index (χ2v) is 6.91. The van der Waals surface area contributed by atoms with Crippen molar-refractivity contribution in [3.8, 4) is 11.4 Å². The van der Waals surface area contributed by atoms with Gasteiger partial charge in [0.2, 0.25) is 4.77 Å². The Morgan fingerprint density at radius 3 is 2.81 bits per heavy atom. The van der Waals surface area contributed by atoms with Crippen molar-refractivity contribution in [1.29, 1.82) is 0 Å². The first-order chi connectivity index (χ1) is 12.5. The highest BCUT2D eigenvalue weighted by Gasteiger charge is 2.14. The van der Waals surface area contributed by atoms with Gasteiger partial charge in [-0.25, -0.2) is 5.10 Å². The monoisotopic (exact) mass is 408 g/mol. The molecule has 0 unspecified atom stereocenters. The molecule has 136 valence electrons. The summed E-state index contributed by atoms with van der Waals surface area (Å²) in [5.41, 5.74) is 2.31. The third-order valence-electron chi connectivity index (χ3n) is 3.90. The molecule has 2 heterocycles. The molecular weight excluding hydrogens is 391 g/mol. The smallest absolute Gasteiger partial charge is 0.216 e. The Balaban J connectivity index is 1.98. The second-order valence-electron chi connectivity index (χ2n) is 5.76. The van der Waals surface area contributed by atoms with Crippen molar-refractivity contribution in [3.05, 3.63) is 50.5 Å². The number of aromatic nitrogens is 5. The number of hydrogen-bond acceptors (Lipinski definition) is 4. The standard InChI is InChI=1S/C17H18Cl2N6S/c1-3-4-9-24-15(19)13(11(2)23-24)10-20-25-16(21-22-17(25)26)12-7-5-6-8-14(12)18/h5-8,10H,3-4,9H2,1-2H3,(H,22,26). The van der Waals surface area contributed by atoms with Gasteiger partial charge in [0, 0.05) is 12.1 Å². The van der Waals surface area contributed by atoms with Gasteiger partial charge in [-0.3, -0.25) is 4.68 Å². The van der Waals surface area contributed by atoms with Crippen molar-refractivity contribution in [2.75, 3.05) is 0 Å². The Hall–Kier alpha value is -1.96. The highest BCUT2D eigenvalue weighted by atomic mass is 35.5. The summed E-state index contributed by atoms with van der Waals surface area (Å²) >= 11 is 18.0. The molecule has 0 aliphatic carbocycles. The SMILES string of the molecule is CCCCn1nc(C)c(C=Nn2c(-c3ccccc3Cl)n[nH]c2=S)c1Cl. The molecule has 2 aromatic heterocycles. The van der Waals surface area contributed by atoms with Crippen LogP contribution in [0.25, 0.3) is 11.4 Å². The molecule has 0 amide bonds. The van der Waals surface area contributed by atoms with Crippen molar-refractivity contribution in [1.82, 2.24) is 24.7 Å². The largest absolute Gasteiger partial charge is 0.253 e. The van der Waals surface area contributed by atoms with Gasteiger partial charge in [0.15, 0.2) is 5.82 Å². The summed E-state index contributed by atoms with van der Waals surface area (Å²) in [5, 5.41) is 17.1. The lowest BCUT2D eigenvalue weighted by Crippen LogP contribution is -2.00. The van der Waals surface area contributed by atoms with Crippen LogP contribution in [-0.2, 0) is 6.54 Å². The number of nitrogens with one attached hydrogen (secondary N) is 1. The normalized spacial score (nSPS) is 11.5. The predicted octanol–water partition coefficient (Wildman–Crippen LogP) is 5.10. The Kier molecular flexibility index (Phi) is 5.90. The van der Waals surface area contributed by atoms with Gasteiger partial charge in [-0.1, -0.05) is 48.7 Å². The van der Waals surface area contributed by atoms with E-state index in [4.69, 9.17) is 35.4 Å². The van der Waals surface area contributed by atoms with E-state index in [0.29, 0.717) is 20.8 Å². The Bertz CT molecular complexity index is 1000. The van der Waals surface area contributed by atoms with Crippen LogP contribution >= 0.6 is 35.4 Å². The van der Waals surface area contributed by atoms with Crippen LogP contribution in [0.1, 0.15) is 31.0 Å². The van der Waals surface area contributed by atoms with E-state index < -0.39 is 0 Å². The third-order valence-corrected chi connectivity index (χ3v) is 4.89. The molecule has 0 spiro atoms. The van der Waals surface area contributed by atoms with Gasteiger partial charge >= 0.3 is 0 Å². The Labute approximate surface area is 166 Å². The number of halogens is 2. The van der Waals surface area contributed by atoms with Crippen LogP contribution in [0.15, 0.2) is 29.4 Å². The molecule has 0 aliphatic rings. The highest BCUT2D eigenvalue weighted by molar-refractivity contribution is 7.71. The number of benzene rings is 1. The molecule has 0 atom stereocenters. The van der Waals surface area contributed by atoms with Crippen LogP contribution in [-0.4, -0.2) is 30.9 Å². The van der Waals surface area contributed by atoms with Crippen molar-refractivity contribution < 1.29 is 0 Å². The molecule has 0 saturated carbocycles. The van der Waals surface area contributed by atoms with Crippen molar-refractivity contribution in [2.24, 2.45) is 5.10 Å². The summed E-state index contributed by atoms with van der Waals surface area (Å²) in [4.78, 5) is 0. The second kappa shape index (κ2) is 8.16. The first kappa shape index (κ1) is 18.8. The van der Waals surface area contributed by atoms with E-state index in [1.165, 1.54) is 4.68 Å². The van der Waals surface area contributed by atoms with Crippen molar-refractivity contribution >= 4 is 41.6 Å². The molecule has 0 radical (unpaired) electrons. The average Bonchev–Trinajstić information content (AvgIpc) is 3.11. The van der Waals surface area contributed by atoms with Gasteiger partial charge < -0.3 is 0 Å². The van der Waals surface area contributed by atoms with Crippen LogP contribution in [0.2, 0.25) is 10.2 Å². The summed E-state index contributed by atoms with van der Waals surface area (Å²) in [6.45, 7) is 4.81. The zero-order valence-electron chi connectivity index (χ0n) is 14.4. The lowest BCUT2D eigenvalue weighted by atomic mass is 10.2. The minimum atomic E-state index is 0.364. The first-order valence-corrected chi connectivity index (χ1v) is 9.39. The van der Waals surface area contributed by atoms with Crippen LogP contribution in [0.3, 0.4) is 0 Å². The maximum Gasteiger partial charge on any atom is 0.216 e. The fraction of sp³-hybridized carbons (Fsp3) is 0.294. The van der Waals surface area contributed by atoms with E-state index in [9.17, 15) is 0 Å². The molecule has 6 nitrogen and oxygen atoms in total. The zero-order valence-corrected chi connectivity index (χ0v) is 16.7. The van der Waals surface area contributed by atoms with Gasteiger partial charge in [-0.2, -0.15) is 20.0 Å². The number of rotatable bonds is 6. The summed E-state index contributed by atoms with van der Waals surface area (Å²) in [6.07, 6.45) is 3.74. The zero-order chi connectivity index (χ0) is 18.7. The van der Waals surface area contributed by atoms with Gasteiger partial charge in [-0.15, -0.1) is 0 Å². The summed E-state index contributed by atoms with van der Waals surface area (Å²) in [6, 6.07) is 7.39. The van der Waals surface area contributed by atoms with Gasteiger partial charge in [0.05, 0.1) is 22.5 Å². The third kappa shape index (κ3) is 3.75. The van der Waals surface area contributed by atoms with E-state index in [0.717, 1.165) is 36.2 Å². The van der Waals surface area contributed by atoms with Gasteiger partial charge in [0.1, 0.15) is 5.15 Å². The maximum absolute atomic E-state index is 6.46. The summed E-state index contributed by atoms with van der Waals surface area (Å²) in [5.74, 6) is 0.531. The summed E-state index contributed by atoms with van der Waals surface area (Å²) < 4.78 is 3.68. The Morgan fingerprint density at radius 1 is 1.31 bits per heavy atom. The van der Waals surface area contributed by atoms with E-state index >= 15 is 0 Å². The molecule has 3 rings (SSSR count). The van der Waals surface area contributed by atoms with Crippen molar-refractivity contribution in [2.45, 2.75) is 33.2 Å². The summed E-state index contributed by atoms with van der Waals surface area (Å²) in [7, 11) is 0. The minimum Gasteiger partial charge on any atom is -0.253 e. The fourth-order valence-corrected chi connectivity index (χ4v) is 3.21. The van der Waals surface area contributed by atoms with E-state index in [1.54, 1.807) is 17.0 Å². The van der Waals surface area contributed by atoms with Gasteiger partial charge in [-0.05, 0) is 37.7 Å². The molecule has 9 heteroatoms. The van der Waals surface area contributed by atoms with Crippen LogP contribution in [0.5, 0.6) is 0 Å². The molecule has 1 aromatic carbocycles. The molecule has 0 bridgehead atoms. The van der Waals surface area contributed by atoms with Crippen LogP contribution in [0.4, 0.5) is 0 Å². The molecule has 3 aromatic rings. The first-order valence-electron chi connectivity index (χ1n) is 8.22. The fourth-order valence-electron chi connectivity index (χ4n) is 2.50. The molecule has 0 aliphatic heterocycles. The minimum absolute atomic E-state index is 0.364. The number of nitrogens with zero attached hydrogens (tertiary/aromatic N) is 5. The average molecular weight is 409 g/mol. The van der Waals surface area contributed by atoms with Crippen LogP contribution in [0, 0.1) is 11.7 Å². The number of aryl methyl sites for hydroxylation is 2. The predicted molar refractivity (Wildman–Crippen MR) is 108 cm³/mol. The Morgan fingerprint density at radius 2 is 2.08 bits per heavy atom. The van der Waals surface area contributed by atoms with Crippen LogP contribution < -0.4 is 0 Å². The van der Waals surface area contributed by atoms with Crippen molar-refractivity contribution in [3.63, 3.8) is 0 Å². The van der Waals surface area contributed by atoms with E-state index in [2.05, 4.69) is 27.3 Å². The van der Waals surface area contributed by atoms with E-state index in [1.807, 2.05) is 25.1 Å². The quantitative estimate of drug-likeness (QED) is 0.455. The maximum atomic E-state index is 6.46. The van der Waals surface area contributed by atoms with Gasteiger partial charge in [0.25, 0.3) is 0 Å². The number of hydrogen-bond donors (Lipinski definition) is 1. The topological polar surface area (TPSA) is 63.8 Å². The number of H-pyrrole nitrogens is 1. The molecule has 0 fully saturated rings. The number of unbranched alkanes of at least 4 members (excludes halogenated alkanes) is 1. The molecular formula is C17H18Cl2N6S.